The summed E-state index contributed by atoms with van der Waals surface area (Å²) >= 11 is 5.87. The highest BCUT2D eigenvalue weighted by Crippen LogP contribution is 2.32. The van der Waals surface area contributed by atoms with Crippen LogP contribution >= 0.6 is 11.6 Å². The van der Waals surface area contributed by atoms with E-state index in [-0.39, 0.29) is 6.61 Å². The Kier molecular flexibility index (Phi) is 6.49. The molecule has 2 N–H and O–H groups in total. The van der Waals surface area contributed by atoms with Gasteiger partial charge in [-0.05, 0) is 73.6 Å². The van der Waals surface area contributed by atoms with E-state index >= 15 is 0 Å². The highest BCUT2D eigenvalue weighted by Gasteiger charge is 2.18. The molecule has 0 bridgehead atoms. The van der Waals surface area contributed by atoms with Crippen molar-refractivity contribution in [1.29, 1.82) is 0 Å². The molecule has 1 aromatic carbocycles. The Labute approximate surface area is 166 Å². The third kappa shape index (κ3) is 5.09. The van der Waals surface area contributed by atoms with Gasteiger partial charge < -0.3 is 10.4 Å². The average molecular weight is 381 g/mol. The summed E-state index contributed by atoms with van der Waals surface area (Å²) in [7, 11) is 0. The molecule has 0 spiro atoms. The van der Waals surface area contributed by atoms with Crippen LogP contribution in [0.4, 0.5) is 11.4 Å². The maximum Gasteiger partial charge on any atom is 0.0720 e. The third-order valence-electron chi connectivity index (χ3n) is 4.64. The zero-order chi connectivity index (χ0) is 19.2. The molecular weight excluding hydrogens is 356 g/mol. The predicted molar refractivity (Wildman–Crippen MR) is 115 cm³/mol. The normalized spacial score (nSPS) is 13.8. The lowest BCUT2D eigenvalue weighted by Gasteiger charge is -2.14. The van der Waals surface area contributed by atoms with Gasteiger partial charge in [0.05, 0.1) is 5.69 Å². The number of benzene rings is 1. The molecule has 0 unspecified atom stereocenters. The molecule has 0 amide bonds. The van der Waals surface area contributed by atoms with E-state index in [1.807, 2.05) is 37.3 Å². The number of rotatable bonds is 7. The topological polar surface area (TPSA) is 45.1 Å². The Bertz CT molecular complexity index is 878. The van der Waals surface area contributed by atoms with Crippen LogP contribution in [0.5, 0.6) is 0 Å². The van der Waals surface area contributed by atoms with Gasteiger partial charge in [-0.15, -0.1) is 0 Å². The van der Waals surface area contributed by atoms with Crippen LogP contribution < -0.4 is 5.32 Å². The molecule has 1 aromatic heterocycles. The number of nitrogens with zero attached hydrogens (tertiary/aromatic N) is 1. The van der Waals surface area contributed by atoms with Gasteiger partial charge in [0, 0.05) is 28.7 Å². The van der Waals surface area contributed by atoms with Gasteiger partial charge in [0.1, 0.15) is 0 Å². The SMILES string of the molecule is C=C(/C=C\C=C(/C)Cl)c1cc(Nc2ccc(CCO)cc2)c2c(n1)CCC2. The van der Waals surface area contributed by atoms with Crippen molar-refractivity contribution in [2.24, 2.45) is 0 Å². The first-order valence-corrected chi connectivity index (χ1v) is 9.64. The van der Waals surface area contributed by atoms with E-state index in [9.17, 15) is 0 Å². The van der Waals surface area contributed by atoms with Gasteiger partial charge in [-0.1, -0.05) is 42.5 Å². The lowest BCUT2D eigenvalue weighted by molar-refractivity contribution is 0.299. The van der Waals surface area contributed by atoms with Gasteiger partial charge in [0.15, 0.2) is 0 Å². The van der Waals surface area contributed by atoms with Crippen LogP contribution in [-0.2, 0) is 19.3 Å². The van der Waals surface area contributed by atoms with Crippen LogP contribution in [-0.4, -0.2) is 16.7 Å². The van der Waals surface area contributed by atoms with Crippen molar-refractivity contribution in [2.45, 2.75) is 32.6 Å². The van der Waals surface area contributed by atoms with Gasteiger partial charge in [-0.3, -0.25) is 4.98 Å². The molecule has 1 heterocycles. The van der Waals surface area contributed by atoms with Gasteiger partial charge in [-0.2, -0.15) is 0 Å². The van der Waals surface area contributed by atoms with Gasteiger partial charge in [-0.25, -0.2) is 0 Å². The Hall–Kier alpha value is -2.36. The second kappa shape index (κ2) is 9.03. The molecule has 3 rings (SSSR count). The second-order valence-corrected chi connectivity index (χ2v) is 7.36. The first-order valence-electron chi connectivity index (χ1n) is 9.26. The number of aliphatic hydroxyl groups excluding tert-OH is 1. The largest absolute Gasteiger partial charge is 0.396 e. The first-order chi connectivity index (χ1) is 13.1. The average Bonchev–Trinajstić information content (AvgIpc) is 3.12. The summed E-state index contributed by atoms with van der Waals surface area (Å²) in [5.74, 6) is 0. The third-order valence-corrected chi connectivity index (χ3v) is 4.76. The summed E-state index contributed by atoms with van der Waals surface area (Å²) in [6.07, 6.45) is 9.53. The number of hydrogen-bond donors (Lipinski definition) is 2. The molecule has 27 heavy (non-hydrogen) atoms. The molecule has 140 valence electrons. The molecule has 1 aliphatic carbocycles. The lowest BCUT2D eigenvalue weighted by Crippen LogP contribution is -2.01. The van der Waals surface area contributed by atoms with E-state index < -0.39 is 0 Å². The molecule has 0 radical (unpaired) electrons. The highest BCUT2D eigenvalue weighted by molar-refractivity contribution is 6.29. The number of pyridine rings is 1. The van der Waals surface area contributed by atoms with Crippen LogP contribution in [0.25, 0.3) is 5.57 Å². The molecular formula is C23H25ClN2O. The molecule has 0 saturated carbocycles. The maximum absolute atomic E-state index is 9.06. The monoisotopic (exact) mass is 380 g/mol. The first kappa shape index (κ1) is 19.4. The van der Waals surface area contributed by atoms with Crippen molar-refractivity contribution in [1.82, 2.24) is 4.98 Å². The van der Waals surface area contributed by atoms with Crippen LogP contribution in [0.15, 0.2) is 60.2 Å². The smallest absolute Gasteiger partial charge is 0.0720 e. The molecule has 0 fully saturated rings. The second-order valence-electron chi connectivity index (χ2n) is 6.77. The van der Waals surface area contributed by atoms with E-state index in [2.05, 4.69) is 30.1 Å². The highest BCUT2D eigenvalue weighted by atomic mass is 35.5. The molecule has 3 nitrogen and oxygen atoms in total. The van der Waals surface area contributed by atoms with Gasteiger partial charge in [0.2, 0.25) is 0 Å². The van der Waals surface area contributed by atoms with Crippen molar-refractivity contribution in [3.63, 3.8) is 0 Å². The summed E-state index contributed by atoms with van der Waals surface area (Å²) in [6.45, 7) is 6.17. The van der Waals surface area contributed by atoms with E-state index in [1.165, 1.54) is 5.56 Å². The van der Waals surface area contributed by atoms with Crippen molar-refractivity contribution in [2.75, 3.05) is 11.9 Å². The Morgan fingerprint density at radius 3 is 2.78 bits per heavy atom. The number of halogens is 1. The van der Waals surface area contributed by atoms with Crippen LogP contribution in [0.1, 0.15) is 35.9 Å². The fraction of sp³-hybridized carbons (Fsp3) is 0.261. The van der Waals surface area contributed by atoms with Crippen molar-refractivity contribution < 1.29 is 5.11 Å². The molecule has 4 heteroatoms. The number of allylic oxidation sites excluding steroid dienone is 5. The number of aromatic nitrogens is 1. The maximum atomic E-state index is 9.06. The van der Waals surface area contributed by atoms with Crippen LogP contribution in [0.3, 0.4) is 0 Å². The van der Waals surface area contributed by atoms with Crippen molar-refractivity contribution in [3.05, 3.63) is 82.7 Å². The van der Waals surface area contributed by atoms with Gasteiger partial charge >= 0.3 is 0 Å². The number of anilines is 2. The summed E-state index contributed by atoms with van der Waals surface area (Å²) in [5, 5.41) is 13.3. The van der Waals surface area contributed by atoms with E-state index in [0.29, 0.717) is 6.42 Å². The molecule has 2 aromatic rings. The van der Waals surface area contributed by atoms with Gasteiger partial charge in [0.25, 0.3) is 0 Å². The minimum absolute atomic E-state index is 0.169. The summed E-state index contributed by atoms with van der Waals surface area (Å²) < 4.78 is 0. The molecule has 0 saturated heterocycles. The van der Waals surface area contributed by atoms with E-state index in [0.717, 1.165) is 58.2 Å². The standard InChI is InChI=1S/C23H25ClN2O/c1-16(5-3-6-17(2)24)22-15-23(20-7-4-8-21(20)26-22)25-19-11-9-18(10-12-19)13-14-27/h3,5-6,9-12,15,27H,1,4,7-8,13-14H2,2H3,(H,25,26)/b5-3-,17-6+. The molecule has 1 aliphatic rings. The fourth-order valence-electron chi connectivity index (χ4n) is 3.24. The van der Waals surface area contributed by atoms with Crippen molar-refractivity contribution in [3.8, 4) is 0 Å². The zero-order valence-corrected chi connectivity index (χ0v) is 16.4. The summed E-state index contributed by atoms with van der Waals surface area (Å²) in [6, 6.07) is 10.3. The fourth-order valence-corrected chi connectivity index (χ4v) is 3.31. The number of hydrogen-bond acceptors (Lipinski definition) is 3. The van der Waals surface area contributed by atoms with Crippen LogP contribution in [0.2, 0.25) is 0 Å². The minimum atomic E-state index is 0.169. The molecule has 0 atom stereocenters. The Balaban J connectivity index is 1.86. The summed E-state index contributed by atoms with van der Waals surface area (Å²) in [5.41, 5.74) is 7.46. The van der Waals surface area contributed by atoms with E-state index in [4.69, 9.17) is 21.7 Å². The number of aryl methyl sites for hydroxylation is 1. The Morgan fingerprint density at radius 2 is 2.07 bits per heavy atom. The minimum Gasteiger partial charge on any atom is -0.396 e. The number of nitrogens with one attached hydrogen (secondary N) is 1. The lowest BCUT2D eigenvalue weighted by atomic mass is 10.1. The van der Waals surface area contributed by atoms with E-state index in [1.54, 1.807) is 0 Å². The number of aliphatic hydroxyl groups is 1. The van der Waals surface area contributed by atoms with Crippen LogP contribution in [0, 0.1) is 0 Å². The quantitative estimate of drug-likeness (QED) is 0.618. The zero-order valence-electron chi connectivity index (χ0n) is 15.6. The Morgan fingerprint density at radius 1 is 1.30 bits per heavy atom. The number of fused-ring (bicyclic) bond motifs is 1. The molecule has 0 aliphatic heterocycles. The van der Waals surface area contributed by atoms with Crippen molar-refractivity contribution >= 4 is 28.5 Å². The summed E-state index contributed by atoms with van der Waals surface area (Å²) in [4.78, 5) is 4.82. The predicted octanol–water partition coefficient (Wildman–Crippen LogP) is 5.56.